The number of hydrogen-bond acceptors (Lipinski definition) is 3. The van der Waals surface area contributed by atoms with Crippen molar-refractivity contribution in [1.29, 1.82) is 0 Å². The molecule has 0 saturated heterocycles. The van der Waals surface area contributed by atoms with Crippen LogP contribution in [-0.2, 0) is 23.1 Å². The predicted octanol–water partition coefficient (Wildman–Crippen LogP) is 7.19. The highest BCUT2D eigenvalue weighted by molar-refractivity contribution is 6.01. The van der Waals surface area contributed by atoms with E-state index in [2.05, 4.69) is 38.3 Å². The van der Waals surface area contributed by atoms with Gasteiger partial charge in [-0.3, -0.25) is 9.59 Å². The highest BCUT2D eigenvalue weighted by Gasteiger charge is 2.26. The second kappa shape index (κ2) is 13.4. The first-order valence-electron chi connectivity index (χ1n) is 14.6. The quantitative estimate of drug-likeness (QED) is 0.194. The van der Waals surface area contributed by atoms with Crippen LogP contribution in [0.4, 0.5) is 5.82 Å². The minimum atomic E-state index is -0.785. The van der Waals surface area contributed by atoms with Crippen LogP contribution in [0.3, 0.4) is 0 Å². The van der Waals surface area contributed by atoms with Gasteiger partial charge in [-0.15, -0.1) is 0 Å². The second-order valence-electron chi connectivity index (χ2n) is 11.7. The Labute approximate surface area is 244 Å². The third-order valence-electron chi connectivity index (χ3n) is 7.26. The zero-order valence-electron chi connectivity index (χ0n) is 24.9. The van der Waals surface area contributed by atoms with Crippen LogP contribution in [0.15, 0.2) is 84.9 Å². The minimum absolute atomic E-state index is 0.215. The van der Waals surface area contributed by atoms with Crippen LogP contribution in [0.2, 0.25) is 0 Å². The maximum atomic E-state index is 13.8. The standard InChI is InChI=1S/C35H42N4O2/c1-6-7-9-15-26-19-21-28(22-20-26)33(40)36-29(23-27-16-10-8-11-17-27)34(41)37-32-24-31(35(3,4)5)38-39(32)30-18-13-12-14-25(30)2/h8,10-14,16-22,24,29H,6-7,9,15,23H2,1-5H3,(H,36,40)(H,37,41). The van der Waals surface area contributed by atoms with Crippen LogP contribution in [-0.4, -0.2) is 27.6 Å². The van der Waals surface area contributed by atoms with Gasteiger partial charge in [0.25, 0.3) is 5.91 Å². The number of benzene rings is 3. The highest BCUT2D eigenvalue weighted by atomic mass is 16.2. The molecule has 0 aliphatic carbocycles. The van der Waals surface area contributed by atoms with Crippen molar-refractivity contribution in [3.63, 3.8) is 0 Å². The lowest BCUT2D eigenvalue weighted by Gasteiger charge is -2.19. The zero-order valence-corrected chi connectivity index (χ0v) is 24.9. The molecule has 6 heteroatoms. The molecular weight excluding hydrogens is 508 g/mol. The first-order chi connectivity index (χ1) is 19.7. The third kappa shape index (κ3) is 7.94. The number of nitrogens with one attached hydrogen (secondary N) is 2. The van der Waals surface area contributed by atoms with Gasteiger partial charge >= 0.3 is 0 Å². The van der Waals surface area contributed by atoms with Crippen LogP contribution in [0.5, 0.6) is 0 Å². The number of nitrogens with zero attached hydrogens (tertiary/aromatic N) is 2. The molecule has 2 amide bonds. The summed E-state index contributed by atoms with van der Waals surface area (Å²) in [5.74, 6) is -0.00414. The van der Waals surface area contributed by atoms with E-state index in [4.69, 9.17) is 5.10 Å². The molecule has 1 unspecified atom stereocenters. The zero-order chi connectivity index (χ0) is 29.4. The fraction of sp³-hybridized carbons (Fsp3) is 0.343. The maximum absolute atomic E-state index is 13.8. The van der Waals surface area contributed by atoms with Crippen molar-refractivity contribution in [2.75, 3.05) is 5.32 Å². The topological polar surface area (TPSA) is 76.0 Å². The summed E-state index contributed by atoms with van der Waals surface area (Å²) in [6.45, 7) is 10.5. The monoisotopic (exact) mass is 550 g/mol. The van der Waals surface area contributed by atoms with E-state index < -0.39 is 6.04 Å². The number of carbonyl (C=O) groups is 2. The van der Waals surface area contributed by atoms with Gasteiger partial charge < -0.3 is 10.6 Å². The maximum Gasteiger partial charge on any atom is 0.251 e. The average Bonchev–Trinajstić information content (AvgIpc) is 3.38. The lowest BCUT2D eigenvalue weighted by atomic mass is 9.92. The van der Waals surface area contributed by atoms with Gasteiger partial charge in [-0.2, -0.15) is 5.10 Å². The Morgan fingerprint density at radius 2 is 1.56 bits per heavy atom. The lowest BCUT2D eigenvalue weighted by Crippen LogP contribution is -2.45. The molecule has 0 radical (unpaired) electrons. The molecule has 2 N–H and O–H groups in total. The van der Waals surface area contributed by atoms with Crippen molar-refractivity contribution in [2.45, 2.75) is 78.2 Å². The molecule has 0 aliphatic rings. The van der Waals surface area contributed by atoms with E-state index in [1.54, 1.807) is 4.68 Å². The number of anilines is 1. The number of amides is 2. The second-order valence-corrected chi connectivity index (χ2v) is 11.7. The molecule has 6 nitrogen and oxygen atoms in total. The normalized spacial score (nSPS) is 12.1. The third-order valence-corrected chi connectivity index (χ3v) is 7.26. The van der Waals surface area contributed by atoms with E-state index in [0.717, 1.165) is 35.3 Å². The fourth-order valence-electron chi connectivity index (χ4n) is 4.74. The molecule has 4 aromatic rings. The number of aromatic nitrogens is 2. The van der Waals surface area contributed by atoms with E-state index in [9.17, 15) is 9.59 Å². The molecule has 0 spiro atoms. The Morgan fingerprint density at radius 1 is 0.878 bits per heavy atom. The van der Waals surface area contributed by atoms with Crippen molar-refractivity contribution in [3.8, 4) is 5.69 Å². The molecule has 0 bridgehead atoms. The molecule has 0 fully saturated rings. The minimum Gasteiger partial charge on any atom is -0.340 e. The Bertz CT molecular complexity index is 1450. The van der Waals surface area contributed by atoms with Gasteiger partial charge in [-0.1, -0.05) is 101 Å². The summed E-state index contributed by atoms with van der Waals surface area (Å²) < 4.78 is 1.78. The van der Waals surface area contributed by atoms with Gasteiger partial charge in [0.2, 0.25) is 5.91 Å². The number of para-hydroxylation sites is 1. The Morgan fingerprint density at radius 3 is 2.22 bits per heavy atom. The molecule has 1 atom stereocenters. The van der Waals surface area contributed by atoms with E-state index in [1.165, 1.54) is 18.4 Å². The van der Waals surface area contributed by atoms with Crippen molar-refractivity contribution < 1.29 is 9.59 Å². The lowest BCUT2D eigenvalue weighted by molar-refractivity contribution is -0.118. The molecule has 0 aliphatic heterocycles. The van der Waals surface area contributed by atoms with E-state index in [0.29, 0.717) is 17.8 Å². The molecule has 41 heavy (non-hydrogen) atoms. The van der Waals surface area contributed by atoms with E-state index >= 15 is 0 Å². The summed E-state index contributed by atoms with van der Waals surface area (Å²) in [4.78, 5) is 27.2. The number of rotatable bonds is 11. The molecule has 3 aromatic carbocycles. The number of unbranched alkanes of at least 4 members (excludes halogenated alkanes) is 2. The molecule has 214 valence electrons. The predicted molar refractivity (Wildman–Crippen MR) is 167 cm³/mol. The molecule has 0 saturated carbocycles. The van der Waals surface area contributed by atoms with Gasteiger partial charge in [0.05, 0.1) is 11.4 Å². The SMILES string of the molecule is CCCCCc1ccc(C(=O)NC(Cc2ccccc2)C(=O)Nc2cc(C(C)(C)C)nn2-c2ccccc2C)cc1. The van der Waals surface area contributed by atoms with Gasteiger partial charge in [-0.05, 0) is 54.7 Å². The molecule has 4 rings (SSSR count). The van der Waals surface area contributed by atoms with Crippen molar-refractivity contribution in [3.05, 3.63) is 113 Å². The van der Waals surface area contributed by atoms with Crippen LogP contribution in [0.25, 0.3) is 5.69 Å². The fourth-order valence-corrected chi connectivity index (χ4v) is 4.74. The van der Waals surface area contributed by atoms with E-state index in [-0.39, 0.29) is 17.2 Å². The summed E-state index contributed by atoms with van der Waals surface area (Å²) >= 11 is 0. The number of carbonyl (C=O) groups excluding carboxylic acids is 2. The van der Waals surface area contributed by atoms with Crippen molar-refractivity contribution in [1.82, 2.24) is 15.1 Å². The van der Waals surface area contributed by atoms with Crippen LogP contribution >= 0.6 is 0 Å². The van der Waals surface area contributed by atoms with Crippen LogP contribution in [0.1, 0.15) is 79.7 Å². The largest absolute Gasteiger partial charge is 0.340 e. The summed E-state index contributed by atoms with van der Waals surface area (Å²) in [5.41, 5.74) is 5.29. The van der Waals surface area contributed by atoms with Gasteiger partial charge in [0, 0.05) is 23.5 Å². The Kier molecular flexibility index (Phi) is 9.77. The number of aryl methyl sites for hydroxylation is 2. The summed E-state index contributed by atoms with van der Waals surface area (Å²) in [5, 5.41) is 11.0. The molecule has 1 aromatic heterocycles. The molecular formula is C35H42N4O2. The van der Waals surface area contributed by atoms with Gasteiger partial charge in [0.1, 0.15) is 11.9 Å². The van der Waals surface area contributed by atoms with Gasteiger partial charge in [0.15, 0.2) is 0 Å². The smallest absolute Gasteiger partial charge is 0.251 e. The summed E-state index contributed by atoms with van der Waals surface area (Å²) in [7, 11) is 0. The van der Waals surface area contributed by atoms with Crippen LogP contribution in [0, 0.1) is 6.92 Å². The summed E-state index contributed by atoms with van der Waals surface area (Å²) in [6.07, 6.45) is 4.86. The van der Waals surface area contributed by atoms with Gasteiger partial charge in [-0.25, -0.2) is 4.68 Å². The molecule has 1 heterocycles. The number of hydrogen-bond donors (Lipinski definition) is 2. The highest BCUT2D eigenvalue weighted by Crippen LogP contribution is 2.27. The average molecular weight is 551 g/mol. The first-order valence-corrected chi connectivity index (χ1v) is 14.6. The summed E-state index contributed by atoms with van der Waals surface area (Å²) in [6, 6.07) is 26.5. The Balaban J connectivity index is 1.59. The van der Waals surface area contributed by atoms with Crippen molar-refractivity contribution in [2.24, 2.45) is 0 Å². The van der Waals surface area contributed by atoms with E-state index in [1.807, 2.05) is 91.9 Å². The van der Waals surface area contributed by atoms with Crippen molar-refractivity contribution >= 4 is 17.6 Å². The Hall–Kier alpha value is -4.19. The van der Waals surface area contributed by atoms with Crippen LogP contribution < -0.4 is 10.6 Å². The first kappa shape index (κ1) is 29.8.